The van der Waals surface area contributed by atoms with Crippen molar-refractivity contribution in [2.45, 2.75) is 26.2 Å². The summed E-state index contributed by atoms with van der Waals surface area (Å²) in [6.45, 7) is 3.72. The highest BCUT2D eigenvalue weighted by Gasteiger charge is 2.23. The van der Waals surface area contributed by atoms with E-state index in [2.05, 4.69) is 27.0 Å². The van der Waals surface area contributed by atoms with Crippen molar-refractivity contribution in [3.05, 3.63) is 59.9 Å². The Labute approximate surface area is 148 Å². The minimum atomic E-state index is 0.395. The number of aromatic nitrogens is 1. The molecule has 0 spiro atoms. The van der Waals surface area contributed by atoms with Gasteiger partial charge in [-0.3, -0.25) is 4.98 Å². The molecule has 2 heterocycles. The zero-order valence-corrected chi connectivity index (χ0v) is 14.4. The van der Waals surface area contributed by atoms with E-state index >= 15 is 0 Å². The van der Waals surface area contributed by atoms with Crippen LogP contribution in [0.25, 0.3) is 0 Å². The maximum atomic E-state index is 8.97. The number of aliphatic imine (C=N–C) groups is 1. The van der Waals surface area contributed by atoms with Crippen LogP contribution in [-0.4, -0.2) is 29.0 Å². The van der Waals surface area contributed by atoms with Gasteiger partial charge in [0.25, 0.3) is 0 Å². The van der Waals surface area contributed by atoms with Crippen molar-refractivity contribution in [2.75, 3.05) is 13.1 Å². The van der Waals surface area contributed by atoms with E-state index in [-0.39, 0.29) is 0 Å². The molecule has 0 unspecified atom stereocenters. The third-order valence-electron chi connectivity index (χ3n) is 4.47. The van der Waals surface area contributed by atoms with E-state index in [0.717, 1.165) is 38.0 Å². The smallest absolute Gasteiger partial charge is 0.308 e. The minimum absolute atomic E-state index is 0.395. The van der Waals surface area contributed by atoms with Crippen molar-refractivity contribution in [1.29, 1.82) is 5.26 Å². The molecule has 128 valence electrons. The topological polar surface area (TPSA) is 61.5 Å². The van der Waals surface area contributed by atoms with Crippen molar-refractivity contribution in [3.63, 3.8) is 0 Å². The molecule has 1 aromatic carbocycles. The Bertz CT molecular complexity index is 759. The number of likely N-dealkylation sites (tertiary alicyclic amines) is 1. The number of amidine groups is 1. The van der Waals surface area contributed by atoms with Gasteiger partial charge in [0.15, 0.2) is 0 Å². The highest BCUT2D eigenvalue weighted by Crippen LogP contribution is 2.23. The van der Waals surface area contributed by atoms with Crippen LogP contribution in [0.5, 0.6) is 5.75 Å². The van der Waals surface area contributed by atoms with Gasteiger partial charge >= 0.3 is 6.02 Å². The predicted octanol–water partition coefficient (Wildman–Crippen LogP) is 3.56. The van der Waals surface area contributed by atoms with Gasteiger partial charge < -0.3 is 9.64 Å². The fraction of sp³-hybridized carbons (Fsp3) is 0.350. The first kappa shape index (κ1) is 17.0. The van der Waals surface area contributed by atoms with Crippen LogP contribution in [0.2, 0.25) is 0 Å². The van der Waals surface area contributed by atoms with Crippen LogP contribution >= 0.6 is 0 Å². The SMILES string of the molecule is Cc1cc(CC2CCN(C(=NC#N)Oc3ccccc3)CC2)ccn1. The van der Waals surface area contributed by atoms with E-state index in [1.165, 1.54) is 5.56 Å². The molecule has 3 rings (SSSR count). The average molecular weight is 334 g/mol. The highest BCUT2D eigenvalue weighted by molar-refractivity contribution is 5.77. The molecular weight excluding hydrogens is 312 g/mol. The molecule has 2 aromatic rings. The van der Waals surface area contributed by atoms with Crippen LogP contribution in [0.4, 0.5) is 0 Å². The van der Waals surface area contributed by atoms with E-state index in [4.69, 9.17) is 10.00 Å². The molecule has 1 aliphatic rings. The molecule has 1 aliphatic heterocycles. The van der Waals surface area contributed by atoms with Crippen LogP contribution in [0, 0.1) is 24.3 Å². The number of nitriles is 1. The zero-order chi connectivity index (χ0) is 17.5. The standard InChI is InChI=1S/C20H22N4O/c1-16-13-18(7-10-22-16)14-17-8-11-24(12-9-17)20(23-15-21)25-19-5-3-2-4-6-19/h2-7,10,13,17H,8-9,11-12,14H2,1H3. The summed E-state index contributed by atoms with van der Waals surface area (Å²) in [5.74, 6) is 1.34. The number of aryl methyl sites for hydroxylation is 1. The summed E-state index contributed by atoms with van der Waals surface area (Å²) in [7, 11) is 0. The minimum Gasteiger partial charge on any atom is -0.425 e. The lowest BCUT2D eigenvalue weighted by Crippen LogP contribution is -2.41. The third kappa shape index (κ3) is 4.80. The fourth-order valence-corrected chi connectivity index (χ4v) is 3.19. The van der Waals surface area contributed by atoms with Gasteiger partial charge in [-0.15, -0.1) is 4.99 Å². The van der Waals surface area contributed by atoms with E-state index < -0.39 is 0 Å². The number of hydrogen-bond acceptors (Lipinski definition) is 4. The van der Waals surface area contributed by atoms with E-state index in [9.17, 15) is 0 Å². The summed E-state index contributed by atoms with van der Waals surface area (Å²) in [6.07, 6.45) is 6.93. The Morgan fingerprint density at radius 3 is 2.72 bits per heavy atom. The number of rotatable bonds is 3. The summed E-state index contributed by atoms with van der Waals surface area (Å²) in [6, 6.07) is 14.1. The summed E-state index contributed by atoms with van der Waals surface area (Å²) >= 11 is 0. The predicted molar refractivity (Wildman–Crippen MR) is 97.1 cm³/mol. The molecule has 5 nitrogen and oxygen atoms in total. The summed E-state index contributed by atoms with van der Waals surface area (Å²) in [5.41, 5.74) is 2.41. The van der Waals surface area contributed by atoms with Gasteiger partial charge in [0.2, 0.25) is 6.19 Å². The Morgan fingerprint density at radius 1 is 1.28 bits per heavy atom. The first-order chi connectivity index (χ1) is 12.2. The lowest BCUT2D eigenvalue weighted by Gasteiger charge is -2.33. The van der Waals surface area contributed by atoms with Crippen LogP contribution in [0.3, 0.4) is 0 Å². The molecular formula is C20H22N4O. The number of ether oxygens (including phenoxy) is 1. The molecule has 0 bridgehead atoms. The van der Waals surface area contributed by atoms with Gasteiger partial charge in [0.05, 0.1) is 0 Å². The van der Waals surface area contributed by atoms with Gasteiger partial charge in [-0.05, 0) is 61.9 Å². The molecule has 1 aromatic heterocycles. The molecule has 0 N–H and O–H groups in total. The number of nitrogens with zero attached hydrogens (tertiary/aromatic N) is 4. The summed E-state index contributed by atoms with van der Waals surface area (Å²) in [4.78, 5) is 10.2. The largest absolute Gasteiger partial charge is 0.425 e. The lowest BCUT2D eigenvalue weighted by molar-refractivity contribution is 0.236. The van der Waals surface area contributed by atoms with Gasteiger partial charge in [0, 0.05) is 25.0 Å². The molecule has 0 atom stereocenters. The molecule has 0 amide bonds. The monoisotopic (exact) mass is 334 g/mol. The molecule has 0 aliphatic carbocycles. The van der Waals surface area contributed by atoms with E-state index in [1.54, 1.807) is 0 Å². The third-order valence-corrected chi connectivity index (χ3v) is 4.47. The van der Waals surface area contributed by atoms with E-state index in [1.807, 2.05) is 49.6 Å². The Morgan fingerprint density at radius 2 is 2.04 bits per heavy atom. The van der Waals surface area contributed by atoms with Gasteiger partial charge in [-0.2, -0.15) is 5.26 Å². The number of benzene rings is 1. The summed E-state index contributed by atoms with van der Waals surface area (Å²) in [5, 5.41) is 8.97. The molecule has 25 heavy (non-hydrogen) atoms. The number of piperidine rings is 1. The van der Waals surface area contributed by atoms with Crippen molar-refractivity contribution in [3.8, 4) is 11.9 Å². The van der Waals surface area contributed by atoms with Crippen LogP contribution in [0.15, 0.2) is 53.7 Å². The van der Waals surface area contributed by atoms with Crippen LogP contribution in [0.1, 0.15) is 24.1 Å². The first-order valence-corrected chi connectivity index (χ1v) is 8.61. The maximum absolute atomic E-state index is 8.97. The first-order valence-electron chi connectivity index (χ1n) is 8.61. The molecule has 0 saturated carbocycles. The molecule has 1 fully saturated rings. The van der Waals surface area contributed by atoms with Gasteiger partial charge in [-0.1, -0.05) is 18.2 Å². The Kier molecular flexibility index (Phi) is 5.63. The Hall–Kier alpha value is -2.87. The molecule has 0 radical (unpaired) electrons. The maximum Gasteiger partial charge on any atom is 0.308 e. The number of hydrogen-bond donors (Lipinski definition) is 0. The average Bonchev–Trinajstić information content (AvgIpc) is 2.63. The van der Waals surface area contributed by atoms with Crippen LogP contribution < -0.4 is 4.74 Å². The molecule has 1 saturated heterocycles. The van der Waals surface area contributed by atoms with Crippen molar-refractivity contribution in [2.24, 2.45) is 10.9 Å². The van der Waals surface area contributed by atoms with E-state index in [0.29, 0.717) is 17.7 Å². The fourth-order valence-electron chi connectivity index (χ4n) is 3.19. The quantitative estimate of drug-likeness (QED) is 0.489. The van der Waals surface area contributed by atoms with Crippen molar-refractivity contribution >= 4 is 6.02 Å². The van der Waals surface area contributed by atoms with Crippen LogP contribution in [-0.2, 0) is 6.42 Å². The second-order valence-electron chi connectivity index (χ2n) is 6.35. The Balaban J connectivity index is 1.58. The second-order valence-corrected chi connectivity index (χ2v) is 6.35. The number of pyridine rings is 1. The second kappa shape index (κ2) is 8.29. The summed E-state index contributed by atoms with van der Waals surface area (Å²) < 4.78 is 5.81. The van der Waals surface area contributed by atoms with Gasteiger partial charge in [0.1, 0.15) is 5.75 Å². The number of para-hydroxylation sites is 1. The van der Waals surface area contributed by atoms with Gasteiger partial charge in [-0.25, -0.2) is 0 Å². The van der Waals surface area contributed by atoms with Crippen molar-refractivity contribution in [1.82, 2.24) is 9.88 Å². The zero-order valence-electron chi connectivity index (χ0n) is 14.4. The normalized spacial score (nSPS) is 15.7. The highest BCUT2D eigenvalue weighted by atomic mass is 16.5. The lowest BCUT2D eigenvalue weighted by atomic mass is 9.90. The molecule has 5 heteroatoms. The van der Waals surface area contributed by atoms with Crippen molar-refractivity contribution < 1.29 is 4.74 Å².